The molecule has 1 amide bonds. The van der Waals surface area contributed by atoms with E-state index in [1.165, 1.54) is 29.7 Å². The average Bonchev–Trinajstić information content (AvgIpc) is 2.70. The molecule has 1 atom stereocenters. The molecule has 0 spiro atoms. The molecule has 0 aromatic heterocycles. The van der Waals surface area contributed by atoms with E-state index in [1.54, 1.807) is 0 Å². The number of rotatable bonds is 0. The van der Waals surface area contributed by atoms with Gasteiger partial charge in [-0.05, 0) is 32.3 Å². The van der Waals surface area contributed by atoms with Crippen molar-refractivity contribution in [2.75, 3.05) is 7.05 Å². The second-order valence-corrected chi connectivity index (χ2v) is 5.31. The molecule has 1 saturated carbocycles. The second kappa shape index (κ2) is 5.29. The summed E-state index contributed by atoms with van der Waals surface area (Å²) in [5.41, 5.74) is 4.03. The van der Waals surface area contributed by atoms with Gasteiger partial charge < -0.3 is 9.11 Å². The monoisotopic (exact) mass is 275 g/mol. The van der Waals surface area contributed by atoms with Gasteiger partial charge in [0.2, 0.25) is 0 Å². The fraction of sp³-hybridized carbons (Fsp3) is 0.636. The molecule has 2 aliphatic rings. The molecule has 7 heteroatoms. The van der Waals surface area contributed by atoms with Gasteiger partial charge in [0.25, 0.3) is 0 Å². The van der Waals surface area contributed by atoms with Crippen LogP contribution in [0.25, 0.3) is 0 Å². The SMILES string of the molecule is CC1=C2CCCC2=[N+](C)C(=O)C1C.O=S(=O)([O-])[O-].[H+]. The molecule has 1 unspecified atom stereocenters. The number of hydrogen-bond acceptors (Lipinski definition) is 5. The predicted molar refractivity (Wildman–Crippen MR) is 63.5 cm³/mol. The molecular weight excluding hydrogens is 258 g/mol. The molecule has 1 aliphatic carbocycles. The van der Waals surface area contributed by atoms with E-state index < -0.39 is 10.4 Å². The van der Waals surface area contributed by atoms with Gasteiger partial charge in [0, 0.05) is 22.4 Å². The van der Waals surface area contributed by atoms with E-state index >= 15 is 0 Å². The van der Waals surface area contributed by atoms with E-state index in [9.17, 15) is 4.79 Å². The van der Waals surface area contributed by atoms with Crippen molar-refractivity contribution in [2.45, 2.75) is 33.1 Å². The highest BCUT2D eigenvalue weighted by Gasteiger charge is 2.38. The van der Waals surface area contributed by atoms with Crippen LogP contribution in [0.1, 0.15) is 34.5 Å². The maximum Gasteiger partial charge on any atom is 1.00 e. The number of hydrogen-bond donors (Lipinski definition) is 0. The predicted octanol–water partition coefficient (Wildman–Crippen LogP) is 0.521. The smallest absolute Gasteiger partial charge is 0.759 e. The lowest BCUT2D eigenvalue weighted by Gasteiger charge is -2.16. The first kappa shape index (κ1) is 15.0. The third kappa shape index (κ3) is 3.47. The molecular formula is C11H17NO5S. The molecule has 102 valence electrons. The highest BCUT2D eigenvalue weighted by Crippen LogP contribution is 2.31. The Morgan fingerprint density at radius 1 is 1.33 bits per heavy atom. The van der Waals surface area contributed by atoms with Crippen molar-refractivity contribution in [2.24, 2.45) is 5.92 Å². The standard InChI is InChI=1S/C11H16NO.H2O4S/c1-7-8(2)11(13)12(3)10-6-4-5-9(7)10;1-5(2,3)4/h8H,4-6H2,1-3H3;(H2,1,2,3,4)/q+1;/p-1. The molecule has 0 aromatic rings. The zero-order valence-electron chi connectivity index (χ0n) is 11.6. The van der Waals surface area contributed by atoms with Crippen molar-refractivity contribution in [1.29, 1.82) is 0 Å². The zero-order valence-corrected chi connectivity index (χ0v) is 11.4. The van der Waals surface area contributed by atoms with Gasteiger partial charge in [-0.25, -0.2) is 4.79 Å². The molecule has 18 heavy (non-hydrogen) atoms. The van der Waals surface area contributed by atoms with Crippen LogP contribution in [-0.2, 0) is 15.2 Å². The quantitative estimate of drug-likeness (QED) is 0.364. The van der Waals surface area contributed by atoms with Crippen LogP contribution in [0.5, 0.6) is 0 Å². The molecule has 0 aromatic carbocycles. The lowest BCUT2D eigenvalue weighted by atomic mass is 9.91. The molecule has 0 N–H and O–H groups in total. The Labute approximate surface area is 108 Å². The van der Waals surface area contributed by atoms with Gasteiger partial charge in [-0.2, -0.15) is 4.58 Å². The van der Waals surface area contributed by atoms with E-state index in [4.69, 9.17) is 17.5 Å². The third-order valence-electron chi connectivity index (χ3n) is 3.42. The van der Waals surface area contributed by atoms with E-state index in [-0.39, 0.29) is 13.3 Å². The maximum atomic E-state index is 11.7. The summed E-state index contributed by atoms with van der Waals surface area (Å²) in [7, 11) is -3.26. The van der Waals surface area contributed by atoms with Crippen molar-refractivity contribution in [1.82, 2.24) is 0 Å². The number of carbonyl (C=O) groups excluding carboxylic acids is 1. The summed E-state index contributed by atoms with van der Waals surface area (Å²) in [6, 6.07) is 0. The van der Waals surface area contributed by atoms with Gasteiger partial charge in [0.1, 0.15) is 13.0 Å². The van der Waals surface area contributed by atoms with Crippen LogP contribution < -0.4 is 0 Å². The van der Waals surface area contributed by atoms with Crippen molar-refractivity contribution >= 4 is 22.0 Å². The first-order valence-corrected chi connectivity index (χ1v) is 6.96. The largest absolute Gasteiger partial charge is 1.00 e. The highest BCUT2D eigenvalue weighted by atomic mass is 32.3. The molecule has 0 saturated heterocycles. The number of nitrogens with zero attached hydrogens (tertiary/aromatic N) is 1. The van der Waals surface area contributed by atoms with Gasteiger partial charge in [0.05, 0.1) is 0 Å². The molecule has 1 aliphatic heterocycles. The van der Waals surface area contributed by atoms with Gasteiger partial charge in [-0.15, -0.1) is 0 Å². The minimum atomic E-state index is -5.17. The number of allylic oxidation sites excluding steroid dienone is 1. The van der Waals surface area contributed by atoms with E-state index in [0.29, 0.717) is 0 Å². The molecule has 6 nitrogen and oxygen atoms in total. The first-order chi connectivity index (χ1) is 8.13. The van der Waals surface area contributed by atoms with E-state index in [1.807, 2.05) is 18.5 Å². The lowest BCUT2D eigenvalue weighted by molar-refractivity contribution is -0.423. The van der Waals surface area contributed by atoms with Crippen molar-refractivity contribution in [3.63, 3.8) is 0 Å². The lowest BCUT2D eigenvalue weighted by Crippen LogP contribution is -2.34. The maximum absolute atomic E-state index is 11.7. The van der Waals surface area contributed by atoms with Crippen LogP contribution in [0, 0.1) is 5.92 Å². The van der Waals surface area contributed by atoms with Gasteiger partial charge >= 0.3 is 7.33 Å². The second-order valence-electron chi connectivity index (χ2n) is 4.49. The Morgan fingerprint density at radius 3 is 2.33 bits per heavy atom. The fourth-order valence-corrected chi connectivity index (χ4v) is 2.39. The van der Waals surface area contributed by atoms with Crippen LogP contribution >= 0.6 is 0 Å². The van der Waals surface area contributed by atoms with Crippen LogP contribution in [-0.4, -0.2) is 40.8 Å². The number of carbonyl (C=O) groups is 1. The minimum Gasteiger partial charge on any atom is -0.759 e. The molecule has 1 heterocycles. The van der Waals surface area contributed by atoms with Crippen molar-refractivity contribution < 1.29 is 28.3 Å². The normalized spacial score (nSPS) is 23.8. The molecule has 2 rings (SSSR count). The van der Waals surface area contributed by atoms with Crippen LogP contribution in [0.3, 0.4) is 0 Å². The van der Waals surface area contributed by atoms with Crippen LogP contribution in [0.15, 0.2) is 11.1 Å². The van der Waals surface area contributed by atoms with Gasteiger partial charge in [0.15, 0.2) is 5.71 Å². The fourth-order valence-electron chi connectivity index (χ4n) is 2.39. The summed E-state index contributed by atoms with van der Waals surface area (Å²) in [6.07, 6.45) is 3.47. The Bertz CT molecular complexity index is 527. The zero-order chi connectivity index (χ0) is 14.1. The summed E-state index contributed by atoms with van der Waals surface area (Å²) in [4.78, 5) is 11.7. The van der Waals surface area contributed by atoms with Gasteiger partial charge in [-0.1, -0.05) is 0 Å². The summed E-state index contributed by atoms with van der Waals surface area (Å²) in [6.45, 7) is 4.12. The molecule has 0 bridgehead atoms. The van der Waals surface area contributed by atoms with E-state index in [0.717, 1.165) is 6.42 Å². The van der Waals surface area contributed by atoms with Crippen molar-refractivity contribution in [3.8, 4) is 0 Å². The van der Waals surface area contributed by atoms with E-state index in [2.05, 4.69) is 6.92 Å². The number of fused-ring (bicyclic) bond motifs is 1. The number of amides is 1. The molecule has 1 fully saturated rings. The first-order valence-electron chi connectivity index (χ1n) is 5.63. The summed E-state index contributed by atoms with van der Waals surface area (Å²) in [5, 5.41) is 0. The summed E-state index contributed by atoms with van der Waals surface area (Å²) in [5.74, 6) is 0.361. The molecule has 0 radical (unpaired) electrons. The Balaban J connectivity index is 0.000000471. The summed E-state index contributed by atoms with van der Waals surface area (Å²) < 4.78 is 35.9. The average molecular weight is 275 g/mol. The van der Waals surface area contributed by atoms with Crippen LogP contribution in [0.2, 0.25) is 0 Å². The topological polar surface area (TPSA) is 100 Å². The van der Waals surface area contributed by atoms with Crippen LogP contribution in [0.4, 0.5) is 0 Å². The Kier molecular flexibility index (Phi) is 4.41. The van der Waals surface area contributed by atoms with Gasteiger partial charge in [-0.3, -0.25) is 8.42 Å². The highest BCUT2D eigenvalue weighted by molar-refractivity contribution is 7.79. The summed E-state index contributed by atoms with van der Waals surface area (Å²) >= 11 is 0. The minimum absolute atomic E-state index is 0. The third-order valence-corrected chi connectivity index (χ3v) is 3.42. The Hall–Kier alpha value is -1.05. The Morgan fingerprint density at radius 2 is 1.83 bits per heavy atom. The van der Waals surface area contributed by atoms with Crippen molar-refractivity contribution in [3.05, 3.63) is 11.1 Å².